The van der Waals surface area contributed by atoms with Gasteiger partial charge in [0, 0.05) is 0 Å². The topological polar surface area (TPSA) is 218 Å². The Kier molecular flexibility index (Phi) is 4.78. The van der Waals surface area contributed by atoms with Crippen molar-refractivity contribution >= 4 is 17.1 Å². The summed E-state index contributed by atoms with van der Waals surface area (Å²) in [4.78, 5) is 23.3. The van der Waals surface area contributed by atoms with E-state index >= 15 is 0 Å². The van der Waals surface area contributed by atoms with Crippen LogP contribution >= 0.6 is 0 Å². The predicted molar refractivity (Wildman–Crippen MR) is 75.6 cm³/mol. The number of nitrogens with one attached hydrogen (secondary N) is 1. The van der Waals surface area contributed by atoms with Crippen molar-refractivity contribution in [3.8, 4) is 0 Å². The Hall–Kier alpha value is -2.70. The van der Waals surface area contributed by atoms with Crippen molar-refractivity contribution in [3.05, 3.63) is 32.7 Å². The van der Waals surface area contributed by atoms with Crippen LogP contribution in [0.4, 0.5) is 5.95 Å². The lowest BCUT2D eigenvalue weighted by Crippen LogP contribution is -2.33. The standard InChI is InChI=1S/C10H13N5O5.N3/c11-10-13-7-4(8(19)14-10)12-2-15(7)9-6(18)5(17)3(1-16)20-9;1-3-2/h2-3,5-6,9,16-18H,1H2,(H3,11,13,14,19);/q;-1/t3-,5-,6-,9-;/m1./s1. The summed E-state index contributed by atoms with van der Waals surface area (Å²) in [6.07, 6.45) is -3.21. The molecule has 6 N–H and O–H groups in total. The molecule has 0 saturated carbocycles. The zero-order valence-electron chi connectivity index (χ0n) is 11.5. The average molecular weight is 325 g/mol. The van der Waals surface area contributed by atoms with Crippen LogP contribution in [0.15, 0.2) is 11.1 Å². The molecule has 3 heterocycles. The molecule has 23 heavy (non-hydrogen) atoms. The van der Waals surface area contributed by atoms with Crippen LogP contribution in [0.5, 0.6) is 0 Å². The van der Waals surface area contributed by atoms with Gasteiger partial charge in [-0.3, -0.25) is 19.3 Å². The van der Waals surface area contributed by atoms with Gasteiger partial charge >= 0.3 is 0 Å². The van der Waals surface area contributed by atoms with E-state index in [1.54, 1.807) is 0 Å². The molecule has 13 nitrogen and oxygen atoms in total. The van der Waals surface area contributed by atoms with E-state index in [1.165, 1.54) is 15.8 Å². The Bertz CT molecular complexity index is 781. The number of nitrogens with two attached hydrogens (primary N) is 1. The molecule has 2 aromatic rings. The largest absolute Gasteiger partial charge is 0.394 e. The molecule has 13 heteroatoms. The van der Waals surface area contributed by atoms with Gasteiger partial charge in [-0.25, -0.2) is 4.98 Å². The summed E-state index contributed by atoms with van der Waals surface area (Å²) < 4.78 is 6.64. The third-order valence-electron chi connectivity index (χ3n) is 3.24. The second-order valence-corrected chi connectivity index (χ2v) is 4.59. The van der Waals surface area contributed by atoms with E-state index in [1.807, 2.05) is 0 Å². The summed E-state index contributed by atoms with van der Waals surface area (Å²) in [6, 6.07) is 0. The number of fused-ring (bicyclic) bond motifs is 1. The molecule has 0 aromatic carbocycles. The number of nitrogen functional groups attached to an aromatic ring is 1. The summed E-state index contributed by atoms with van der Waals surface area (Å²) in [5.74, 6) is -0.101. The van der Waals surface area contributed by atoms with Crippen LogP contribution in [-0.4, -0.2) is 59.8 Å². The van der Waals surface area contributed by atoms with Crippen molar-refractivity contribution < 1.29 is 20.1 Å². The van der Waals surface area contributed by atoms with Crippen molar-refractivity contribution in [2.45, 2.75) is 24.5 Å². The zero-order valence-corrected chi connectivity index (χ0v) is 11.5. The van der Waals surface area contributed by atoms with Crippen LogP contribution in [0.1, 0.15) is 6.23 Å². The number of imidazole rings is 1. The Morgan fingerprint density at radius 2 is 2.09 bits per heavy atom. The number of nitrogens with zero attached hydrogens (tertiary/aromatic N) is 6. The first-order valence-corrected chi connectivity index (χ1v) is 6.27. The lowest BCUT2D eigenvalue weighted by molar-refractivity contribution is -0.0511. The summed E-state index contributed by atoms with van der Waals surface area (Å²) in [7, 11) is 0. The summed E-state index contributed by atoms with van der Waals surface area (Å²) >= 11 is 0. The first-order valence-electron chi connectivity index (χ1n) is 6.27. The number of ether oxygens (including phenoxy) is 1. The second kappa shape index (κ2) is 6.60. The number of aliphatic hydroxyl groups is 3. The highest BCUT2D eigenvalue weighted by atomic mass is 16.6. The van der Waals surface area contributed by atoms with E-state index < -0.39 is 36.7 Å². The van der Waals surface area contributed by atoms with Gasteiger partial charge in [-0.15, -0.1) is 0 Å². The van der Waals surface area contributed by atoms with Crippen molar-refractivity contribution in [1.29, 1.82) is 0 Å². The van der Waals surface area contributed by atoms with Crippen LogP contribution < -0.4 is 11.3 Å². The molecule has 0 amide bonds. The fraction of sp³-hybridized carbons (Fsp3) is 0.500. The van der Waals surface area contributed by atoms with E-state index in [2.05, 4.69) is 15.0 Å². The lowest BCUT2D eigenvalue weighted by atomic mass is 10.1. The molecule has 2 aromatic heterocycles. The number of hydrogen-bond acceptors (Lipinski definition) is 8. The van der Waals surface area contributed by atoms with E-state index in [0.29, 0.717) is 0 Å². The third-order valence-corrected chi connectivity index (χ3v) is 3.24. The molecule has 0 bridgehead atoms. The number of hydrogen-bond donors (Lipinski definition) is 5. The van der Waals surface area contributed by atoms with Crippen molar-refractivity contribution in [2.24, 2.45) is 0 Å². The predicted octanol–water partition coefficient (Wildman–Crippen LogP) is -1.82. The van der Waals surface area contributed by atoms with Gasteiger partial charge in [0.05, 0.1) is 12.9 Å². The quantitative estimate of drug-likeness (QED) is 0.240. The highest BCUT2D eigenvalue weighted by molar-refractivity contribution is 5.70. The smallest absolute Gasteiger partial charge is 0.280 e. The molecule has 124 valence electrons. The zero-order chi connectivity index (χ0) is 17.1. The normalized spacial score (nSPS) is 26.6. The van der Waals surface area contributed by atoms with Gasteiger partial charge in [0.2, 0.25) is 5.95 Å². The summed E-state index contributed by atoms with van der Waals surface area (Å²) in [5, 5.41) is 28.7. The maximum absolute atomic E-state index is 11.7. The van der Waals surface area contributed by atoms with Crippen molar-refractivity contribution in [2.75, 3.05) is 12.3 Å². The number of H-pyrrole nitrogens is 1. The summed E-state index contributed by atoms with van der Waals surface area (Å²) in [5.41, 5.74) is 18.6. The Balaban J connectivity index is 0.000000595. The fourth-order valence-electron chi connectivity index (χ4n) is 2.24. The minimum atomic E-state index is -1.29. The summed E-state index contributed by atoms with van der Waals surface area (Å²) in [6.45, 7) is -0.447. The minimum absolute atomic E-state index is 0.0388. The van der Waals surface area contributed by atoms with Gasteiger partial charge in [0.25, 0.3) is 5.56 Å². The monoisotopic (exact) mass is 325 g/mol. The molecule has 1 aliphatic heterocycles. The van der Waals surface area contributed by atoms with Crippen LogP contribution in [0.25, 0.3) is 27.1 Å². The molecule has 0 radical (unpaired) electrons. The highest BCUT2D eigenvalue weighted by Crippen LogP contribution is 2.30. The lowest BCUT2D eigenvalue weighted by Gasteiger charge is -2.16. The van der Waals surface area contributed by atoms with E-state index in [-0.39, 0.29) is 17.1 Å². The molecule has 4 atom stereocenters. The van der Waals surface area contributed by atoms with E-state index in [9.17, 15) is 15.0 Å². The Labute approximate surface area is 127 Å². The highest BCUT2D eigenvalue weighted by Gasteiger charge is 2.44. The van der Waals surface area contributed by atoms with Gasteiger partial charge in [0.15, 0.2) is 17.4 Å². The van der Waals surface area contributed by atoms with Crippen LogP contribution in [0, 0.1) is 0 Å². The third kappa shape index (κ3) is 2.94. The molecule has 0 spiro atoms. The molecule has 1 aliphatic rings. The van der Waals surface area contributed by atoms with E-state index in [0.717, 1.165) is 0 Å². The Morgan fingerprint density at radius 3 is 2.65 bits per heavy atom. The molecule has 1 saturated heterocycles. The van der Waals surface area contributed by atoms with Crippen LogP contribution in [-0.2, 0) is 4.74 Å². The van der Waals surface area contributed by atoms with Gasteiger partial charge in [-0.1, -0.05) is 0 Å². The molecular weight excluding hydrogens is 312 g/mol. The van der Waals surface area contributed by atoms with Gasteiger partial charge in [0.1, 0.15) is 18.3 Å². The van der Waals surface area contributed by atoms with Gasteiger partial charge in [-0.2, -0.15) is 4.98 Å². The maximum Gasteiger partial charge on any atom is 0.280 e. The van der Waals surface area contributed by atoms with Crippen LogP contribution in [0.3, 0.4) is 0 Å². The number of aromatic amines is 1. The number of aliphatic hydroxyl groups excluding tert-OH is 3. The number of rotatable bonds is 2. The molecule has 1 fully saturated rings. The van der Waals surface area contributed by atoms with E-state index in [4.69, 9.17) is 26.6 Å². The van der Waals surface area contributed by atoms with Crippen LogP contribution in [0.2, 0.25) is 0 Å². The molecular formula is C10H13N8O5-. The second-order valence-electron chi connectivity index (χ2n) is 4.59. The SMILES string of the molecule is Nc1nc2c(ncn2[C@@H]2O[C@H](CO)[C@@H](O)[C@H]2O)c(=O)[nH]1.[N-]=[N+]=[N-]. The fourth-order valence-corrected chi connectivity index (χ4v) is 2.24. The van der Waals surface area contributed by atoms with Crippen molar-refractivity contribution in [1.82, 2.24) is 19.5 Å². The first kappa shape index (κ1) is 16.7. The van der Waals surface area contributed by atoms with Gasteiger partial charge in [-0.05, 0) is 0 Å². The Morgan fingerprint density at radius 1 is 1.43 bits per heavy atom. The minimum Gasteiger partial charge on any atom is -0.394 e. The van der Waals surface area contributed by atoms with Gasteiger partial charge < -0.3 is 36.9 Å². The first-order chi connectivity index (χ1) is 10.9. The number of aromatic nitrogens is 4. The average Bonchev–Trinajstić information content (AvgIpc) is 3.03. The maximum atomic E-state index is 11.7. The number of anilines is 1. The molecule has 0 aliphatic carbocycles. The molecule has 0 unspecified atom stereocenters. The molecule has 3 rings (SSSR count). The van der Waals surface area contributed by atoms with Crippen molar-refractivity contribution in [3.63, 3.8) is 0 Å².